The topological polar surface area (TPSA) is 59.0 Å². The first-order chi connectivity index (χ1) is 12.4. The van der Waals surface area contributed by atoms with E-state index >= 15 is 0 Å². The van der Waals surface area contributed by atoms with Crippen LogP contribution in [0, 0.1) is 5.82 Å². The van der Waals surface area contributed by atoms with Gasteiger partial charge in [0, 0.05) is 18.8 Å². The number of rotatable bonds is 5. The van der Waals surface area contributed by atoms with Crippen LogP contribution in [0.25, 0.3) is 0 Å². The number of carbonyl (C=O) groups excluding carboxylic acids is 1. The van der Waals surface area contributed by atoms with E-state index in [0.717, 1.165) is 12.8 Å². The van der Waals surface area contributed by atoms with E-state index in [1.54, 1.807) is 30.2 Å². The van der Waals surface area contributed by atoms with E-state index in [9.17, 15) is 13.6 Å². The number of carbonyl (C=O) groups is 1. The largest absolute Gasteiger partial charge is 0.335 e. The van der Waals surface area contributed by atoms with Gasteiger partial charge in [-0.15, -0.1) is 0 Å². The van der Waals surface area contributed by atoms with Crippen LogP contribution in [-0.2, 0) is 7.05 Å². The molecule has 1 fully saturated rings. The van der Waals surface area contributed by atoms with Gasteiger partial charge in [-0.1, -0.05) is 30.5 Å². The van der Waals surface area contributed by atoms with Crippen LogP contribution in [0.5, 0.6) is 0 Å². The smallest absolute Gasteiger partial charge is 0.315 e. The monoisotopic (exact) mass is 382 g/mol. The molecule has 1 heterocycles. The van der Waals surface area contributed by atoms with Crippen LogP contribution in [0.3, 0.4) is 0 Å². The van der Waals surface area contributed by atoms with Crippen molar-refractivity contribution in [1.82, 2.24) is 20.4 Å². The van der Waals surface area contributed by atoms with Crippen molar-refractivity contribution in [2.75, 3.05) is 6.54 Å². The number of halogens is 3. The minimum absolute atomic E-state index is 0.0250. The summed E-state index contributed by atoms with van der Waals surface area (Å²) in [7, 11) is 1.76. The number of alkyl halides is 1. The predicted octanol–water partition coefficient (Wildman–Crippen LogP) is 3.88. The molecule has 1 aromatic carbocycles. The second-order valence-corrected chi connectivity index (χ2v) is 7.15. The Kier molecular flexibility index (Phi) is 5.46. The van der Waals surface area contributed by atoms with Gasteiger partial charge in [0.15, 0.2) is 0 Å². The highest BCUT2D eigenvalue weighted by Gasteiger charge is 2.34. The number of hydrogen-bond donors (Lipinski definition) is 2. The van der Waals surface area contributed by atoms with E-state index < -0.39 is 23.6 Å². The van der Waals surface area contributed by atoms with Gasteiger partial charge < -0.3 is 10.6 Å². The first kappa shape index (κ1) is 18.6. The van der Waals surface area contributed by atoms with E-state index in [0.29, 0.717) is 24.0 Å². The van der Waals surface area contributed by atoms with Crippen LogP contribution in [0.1, 0.15) is 42.9 Å². The van der Waals surface area contributed by atoms with Crippen molar-refractivity contribution in [3.8, 4) is 0 Å². The molecule has 2 amide bonds. The van der Waals surface area contributed by atoms with Gasteiger partial charge in [-0.3, -0.25) is 4.68 Å². The number of urea groups is 1. The molecule has 1 unspecified atom stereocenters. The summed E-state index contributed by atoms with van der Waals surface area (Å²) in [5, 5.41) is 9.48. The number of nitrogens with one attached hydrogen (secondary N) is 2. The van der Waals surface area contributed by atoms with Crippen molar-refractivity contribution in [2.45, 2.75) is 37.4 Å². The third kappa shape index (κ3) is 4.33. The molecule has 0 aliphatic heterocycles. The molecule has 1 aromatic heterocycles. The first-order valence-electron chi connectivity index (χ1n) is 8.53. The first-order valence-corrected chi connectivity index (χ1v) is 8.91. The van der Waals surface area contributed by atoms with Crippen molar-refractivity contribution in [3.63, 3.8) is 0 Å². The third-order valence-corrected chi connectivity index (χ3v) is 4.97. The summed E-state index contributed by atoms with van der Waals surface area (Å²) in [6, 6.07) is 3.18. The second kappa shape index (κ2) is 7.61. The normalized spacial score (nSPS) is 17.1. The van der Waals surface area contributed by atoms with Gasteiger partial charge in [-0.2, -0.15) is 5.10 Å². The molecule has 140 valence electrons. The van der Waals surface area contributed by atoms with Crippen molar-refractivity contribution in [1.29, 1.82) is 0 Å². The zero-order valence-corrected chi connectivity index (χ0v) is 15.2. The van der Waals surface area contributed by atoms with Crippen LogP contribution >= 0.6 is 11.6 Å². The molecule has 2 N–H and O–H groups in total. The van der Waals surface area contributed by atoms with Gasteiger partial charge in [0.25, 0.3) is 0 Å². The van der Waals surface area contributed by atoms with Crippen molar-refractivity contribution < 1.29 is 13.6 Å². The van der Waals surface area contributed by atoms with Gasteiger partial charge in [0.05, 0.1) is 23.8 Å². The lowest BCUT2D eigenvalue weighted by Crippen LogP contribution is -2.44. The summed E-state index contributed by atoms with van der Waals surface area (Å²) >= 11 is 5.88. The Morgan fingerprint density at radius 1 is 1.38 bits per heavy atom. The molecular weight excluding hydrogens is 362 g/mol. The lowest BCUT2D eigenvalue weighted by atomic mass is 10.0. The quantitative estimate of drug-likeness (QED) is 0.824. The fraction of sp³-hybridized carbons (Fsp3) is 0.444. The number of hydrogen-bond acceptors (Lipinski definition) is 2. The fourth-order valence-corrected chi connectivity index (χ4v) is 3.44. The average molecular weight is 383 g/mol. The molecule has 0 spiro atoms. The molecule has 1 aliphatic carbocycles. The molecule has 0 radical (unpaired) electrons. The Morgan fingerprint density at radius 3 is 2.73 bits per heavy atom. The lowest BCUT2D eigenvalue weighted by Gasteiger charge is -2.22. The number of benzene rings is 1. The van der Waals surface area contributed by atoms with Gasteiger partial charge in [0.2, 0.25) is 0 Å². The molecule has 2 aromatic rings. The van der Waals surface area contributed by atoms with Crippen molar-refractivity contribution in [3.05, 3.63) is 52.6 Å². The lowest BCUT2D eigenvalue weighted by molar-refractivity contribution is 0.166. The maximum Gasteiger partial charge on any atom is 0.315 e. The second-order valence-electron chi connectivity index (χ2n) is 6.74. The molecule has 1 atom stereocenters. The predicted molar refractivity (Wildman–Crippen MR) is 95.3 cm³/mol. The number of amides is 2. The molecule has 1 saturated carbocycles. The molecule has 1 aliphatic rings. The van der Waals surface area contributed by atoms with E-state index in [1.807, 2.05) is 0 Å². The zero-order chi connectivity index (χ0) is 18.7. The Labute approximate surface area is 155 Å². The highest BCUT2D eigenvalue weighted by atomic mass is 35.5. The van der Waals surface area contributed by atoms with Crippen LogP contribution < -0.4 is 10.6 Å². The van der Waals surface area contributed by atoms with E-state index in [-0.39, 0.29) is 11.6 Å². The minimum atomic E-state index is -1.33. The number of nitrogens with zero attached hydrogens (tertiary/aromatic N) is 2. The van der Waals surface area contributed by atoms with E-state index in [4.69, 9.17) is 11.6 Å². The highest BCUT2D eigenvalue weighted by Crippen LogP contribution is 2.32. The summed E-state index contributed by atoms with van der Waals surface area (Å²) in [4.78, 5) is 12.3. The van der Waals surface area contributed by atoms with Crippen molar-refractivity contribution in [2.24, 2.45) is 7.05 Å². The summed E-state index contributed by atoms with van der Waals surface area (Å²) in [5.41, 5.74) is -0.0168. The number of aryl methyl sites for hydroxylation is 1. The Bertz CT molecular complexity index is 789. The highest BCUT2D eigenvalue weighted by molar-refractivity contribution is 6.30. The van der Waals surface area contributed by atoms with Crippen molar-refractivity contribution >= 4 is 17.6 Å². The van der Waals surface area contributed by atoms with Crippen LogP contribution in [0.2, 0.25) is 5.02 Å². The van der Waals surface area contributed by atoms with Gasteiger partial charge in [0.1, 0.15) is 11.5 Å². The summed E-state index contributed by atoms with van der Waals surface area (Å²) in [6.07, 6.45) is 5.96. The fourth-order valence-electron chi connectivity index (χ4n) is 3.25. The SMILES string of the molecule is Cn1cc(C(NC(=O)NCC2(F)CCCC2)c2ccc(F)c(Cl)c2)cn1. The van der Waals surface area contributed by atoms with Crippen LogP contribution in [0.4, 0.5) is 13.6 Å². The van der Waals surface area contributed by atoms with Crippen LogP contribution in [-0.4, -0.2) is 28.0 Å². The molecule has 3 rings (SSSR count). The standard InChI is InChI=1S/C18H21ClF2N4O/c1-25-10-13(9-23-25)16(12-4-5-15(20)14(19)8-12)24-17(26)22-11-18(21)6-2-3-7-18/h4-5,8-10,16H,2-3,6-7,11H2,1H3,(H2,22,24,26). The Hall–Kier alpha value is -2.15. The maximum atomic E-state index is 14.4. The van der Waals surface area contributed by atoms with Gasteiger partial charge in [-0.25, -0.2) is 13.6 Å². The van der Waals surface area contributed by atoms with Gasteiger partial charge >= 0.3 is 6.03 Å². The molecule has 5 nitrogen and oxygen atoms in total. The number of aromatic nitrogens is 2. The Balaban J connectivity index is 1.75. The molecular formula is C18H21ClF2N4O. The summed E-state index contributed by atoms with van der Waals surface area (Å²) < 4.78 is 29.5. The Morgan fingerprint density at radius 2 is 2.12 bits per heavy atom. The molecule has 0 bridgehead atoms. The van der Waals surface area contributed by atoms with E-state index in [1.165, 1.54) is 12.1 Å². The molecule has 8 heteroatoms. The third-order valence-electron chi connectivity index (χ3n) is 4.68. The minimum Gasteiger partial charge on any atom is -0.335 e. The van der Waals surface area contributed by atoms with E-state index in [2.05, 4.69) is 15.7 Å². The van der Waals surface area contributed by atoms with Gasteiger partial charge in [-0.05, 0) is 30.5 Å². The molecule has 26 heavy (non-hydrogen) atoms. The summed E-state index contributed by atoms with van der Waals surface area (Å²) in [5.74, 6) is -0.537. The van der Waals surface area contributed by atoms with Crippen LogP contribution in [0.15, 0.2) is 30.6 Å². The molecule has 0 saturated heterocycles. The summed E-state index contributed by atoms with van der Waals surface area (Å²) in [6.45, 7) is -0.0250. The maximum absolute atomic E-state index is 14.4. The average Bonchev–Trinajstić information content (AvgIpc) is 3.23. The zero-order valence-electron chi connectivity index (χ0n) is 14.4.